The highest BCUT2D eigenvalue weighted by Crippen LogP contribution is 2.32. The number of nitrogens with zero attached hydrogens (tertiary/aromatic N) is 1. The molecule has 0 aliphatic rings. The Morgan fingerprint density at radius 3 is 2.48 bits per heavy atom. The van der Waals surface area contributed by atoms with E-state index in [1.54, 1.807) is 24.3 Å². The van der Waals surface area contributed by atoms with Gasteiger partial charge in [-0.25, -0.2) is 0 Å². The molecule has 0 saturated heterocycles. The van der Waals surface area contributed by atoms with Crippen LogP contribution in [-0.4, -0.2) is 31.2 Å². The Kier molecular flexibility index (Phi) is 5.78. The lowest BCUT2D eigenvalue weighted by Crippen LogP contribution is -2.30. The lowest BCUT2D eigenvalue weighted by atomic mass is 10.2. The number of nitrogens with one attached hydrogen (secondary N) is 1. The lowest BCUT2D eigenvalue weighted by Gasteiger charge is -2.16. The van der Waals surface area contributed by atoms with Crippen molar-refractivity contribution >= 4 is 17.3 Å². The maximum atomic E-state index is 12.3. The molecule has 0 aliphatic heterocycles. The van der Waals surface area contributed by atoms with Gasteiger partial charge >= 0.3 is 5.69 Å². The van der Waals surface area contributed by atoms with Crippen LogP contribution in [0, 0.1) is 10.1 Å². The molecule has 2 aromatic rings. The Labute approximate surface area is 144 Å². The van der Waals surface area contributed by atoms with E-state index in [1.807, 2.05) is 0 Å². The van der Waals surface area contributed by atoms with Crippen molar-refractivity contribution in [1.82, 2.24) is 0 Å². The van der Waals surface area contributed by atoms with Gasteiger partial charge in [0.25, 0.3) is 5.91 Å². The molecule has 0 heterocycles. The van der Waals surface area contributed by atoms with Crippen LogP contribution in [0.2, 0.25) is 0 Å². The van der Waals surface area contributed by atoms with Crippen LogP contribution in [0.25, 0.3) is 0 Å². The predicted octanol–water partition coefficient (Wildman–Crippen LogP) is 3.02. The van der Waals surface area contributed by atoms with Crippen molar-refractivity contribution in [3.05, 3.63) is 52.6 Å². The second-order valence-corrected chi connectivity index (χ2v) is 5.04. The highest BCUT2D eigenvalue weighted by Gasteiger charge is 2.22. The number of anilines is 1. The standard InChI is InChI=1S/C17H18N2O6/c1-11(17(20)18-13-6-4-5-7-15(13)24-3)25-16-9-8-12(23-2)10-14(16)19(21)22/h4-11H,1-3H3,(H,18,20)/t11-/m0/s1. The third-order valence-corrected chi connectivity index (χ3v) is 3.40. The number of nitro groups is 1. The number of amides is 1. The van der Waals surface area contributed by atoms with Gasteiger partial charge in [0, 0.05) is 0 Å². The van der Waals surface area contributed by atoms with Gasteiger partial charge in [-0.2, -0.15) is 0 Å². The van der Waals surface area contributed by atoms with Crippen molar-refractivity contribution in [2.45, 2.75) is 13.0 Å². The first kappa shape index (κ1) is 18.1. The van der Waals surface area contributed by atoms with E-state index in [4.69, 9.17) is 14.2 Å². The van der Waals surface area contributed by atoms with Gasteiger partial charge in [0.1, 0.15) is 11.5 Å². The number of methoxy groups -OCH3 is 2. The number of hydrogen-bond acceptors (Lipinski definition) is 6. The Bertz CT molecular complexity index is 777. The number of carbonyl (C=O) groups is 1. The van der Waals surface area contributed by atoms with E-state index in [9.17, 15) is 14.9 Å². The molecular formula is C17H18N2O6. The molecule has 2 aromatic carbocycles. The summed E-state index contributed by atoms with van der Waals surface area (Å²) < 4.78 is 15.6. The van der Waals surface area contributed by atoms with Crippen molar-refractivity contribution in [2.75, 3.05) is 19.5 Å². The van der Waals surface area contributed by atoms with Crippen LogP contribution in [-0.2, 0) is 4.79 Å². The first-order valence-electron chi connectivity index (χ1n) is 7.39. The van der Waals surface area contributed by atoms with Crippen molar-refractivity contribution in [1.29, 1.82) is 0 Å². The first-order chi connectivity index (χ1) is 12.0. The fourth-order valence-corrected chi connectivity index (χ4v) is 2.09. The van der Waals surface area contributed by atoms with Gasteiger partial charge in [-0.05, 0) is 31.2 Å². The maximum absolute atomic E-state index is 12.3. The number of para-hydroxylation sites is 2. The molecule has 0 aromatic heterocycles. The largest absolute Gasteiger partial charge is 0.496 e. The molecule has 0 bridgehead atoms. The molecule has 2 rings (SSSR count). The third-order valence-electron chi connectivity index (χ3n) is 3.40. The van der Waals surface area contributed by atoms with Gasteiger partial charge in [-0.1, -0.05) is 12.1 Å². The lowest BCUT2D eigenvalue weighted by molar-refractivity contribution is -0.386. The first-order valence-corrected chi connectivity index (χ1v) is 7.39. The Morgan fingerprint density at radius 1 is 1.12 bits per heavy atom. The Hall–Kier alpha value is -3.29. The molecule has 132 valence electrons. The SMILES string of the molecule is COc1ccc(O[C@@H](C)C(=O)Nc2ccccc2OC)c([N+](=O)[O-])c1. The van der Waals surface area contributed by atoms with Gasteiger partial charge in [-0.15, -0.1) is 0 Å². The minimum absolute atomic E-state index is 0.0199. The van der Waals surface area contributed by atoms with E-state index in [0.717, 1.165) is 0 Å². The van der Waals surface area contributed by atoms with E-state index in [2.05, 4.69) is 5.32 Å². The molecule has 0 radical (unpaired) electrons. The monoisotopic (exact) mass is 346 g/mol. The summed E-state index contributed by atoms with van der Waals surface area (Å²) in [7, 11) is 2.90. The average Bonchev–Trinajstić information content (AvgIpc) is 2.62. The zero-order valence-corrected chi connectivity index (χ0v) is 14.0. The summed E-state index contributed by atoms with van der Waals surface area (Å²) in [5.74, 6) is 0.340. The summed E-state index contributed by atoms with van der Waals surface area (Å²) in [6.07, 6.45) is -0.961. The van der Waals surface area contributed by atoms with Crippen molar-refractivity contribution in [2.24, 2.45) is 0 Å². The fourth-order valence-electron chi connectivity index (χ4n) is 2.09. The number of rotatable bonds is 7. The molecule has 1 N–H and O–H groups in total. The summed E-state index contributed by atoms with van der Waals surface area (Å²) in [5.41, 5.74) is 0.200. The molecule has 8 nitrogen and oxygen atoms in total. The van der Waals surface area contributed by atoms with Crippen molar-refractivity contribution in [3.8, 4) is 17.2 Å². The second-order valence-electron chi connectivity index (χ2n) is 5.04. The van der Waals surface area contributed by atoms with E-state index in [1.165, 1.54) is 39.3 Å². The molecule has 1 atom stereocenters. The van der Waals surface area contributed by atoms with Gasteiger partial charge in [0.15, 0.2) is 11.9 Å². The zero-order chi connectivity index (χ0) is 18.4. The molecule has 0 saturated carbocycles. The highest BCUT2D eigenvalue weighted by molar-refractivity contribution is 5.95. The predicted molar refractivity (Wildman–Crippen MR) is 91.4 cm³/mol. The fraction of sp³-hybridized carbons (Fsp3) is 0.235. The molecular weight excluding hydrogens is 328 g/mol. The van der Waals surface area contributed by atoms with Crippen molar-refractivity contribution in [3.63, 3.8) is 0 Å². The topological polar surface area (TPSA) is 99.9 Å². The number of ether oxygens (including phenoxy) is 3. The van der Waals surface area contributed by atoms with E-state index in [0.29, 0.717) is 17.2 Å². The molecule has 0 fully saturated rings. The molecule has 25 heavy (non-hydrogen) atoms. The molecule has 8 heteroatoms. The minimum Gasteiger partial charge on any atom is -0.496 e. The zero-order valence-electron chi connectivity index (χ0n) is 14.0. The van der Waals surface area contributed by atoms with Gasteiger partial charge in [-0.3, -0.25) is 14.9 Å². The molecule has 1 amide bonds. The Morgan fingerprint density at radius 2 is 1.84 bits per heavy atom. The maximum Gasteiger partial charge on any atom is 0.314 e. The number of carbonyl (C=O) groups excluding carboxylic acids is 1. The number of nitro benzene ring substituents is 1. The molecule has 0 aliphatic carbocycles. The summed E-state index contributed by atoms with van der Waals surface area (Å²) in [4.78, 5) is 22.9. The summed E-state index contributed by atoms with van der Waals surface area (Å²) in [6.45, 7) is 1.50. The van der Waals surface area contributed by atoms with Crippen LogP contribution in [0.5, 0.6) is 17.2 Å². The van der Waals surface area contributed by atoms with Gasteiger partial charge < -0.3 is 19.5 Å². The Balaban J connectivity index is 2.15. The smallest absolute Gasteiger partial charge is 0.314 e. The van der Waals surface area contributed by atoms with Crippen LogP contribution in [0.1, 0.15) is 6.92 Å². The quantitative estimate of drug-likeness (QED) is 0.611. The van der Waals surface area contributed by atoms with Gasteiger partial charge in [0.05, 0.1) is 30.9 Å². The normalized spacial score (nSPS) is 11.3. The average molecular weight is 346 g/mol. The van der Waals surface area contributed by atoms with Crippen LogP contribution < -0.4 is 19.5 Å². The number of benzene rings is 2. The second kappa shape index (κ2) is 8.00. The van der Waals surface area contributed by atoms with E-state index >= 15 is 0 Å². The summed E-state index contributed by atoms with van der Waals surface area (Å²) >= 11 is 0. The minimum atomic E-state index is -0.961. The van der Waals surface area contributed by atoms with Gasteiger partial charge in [0.2, 0.25) is 0 Å². The van der Waals surface area contributed by atoms with E-state index < -0.39 is 16.9 Å². The molecule has 0 unspecified atom stereocenters. The van der Waals surface area contributed by atoms with E-state index in [-0.39, 0.29) is 11.4 Å². The molecule has 0 spiro atoms. The van der Waals surface area contributed by atoms with Crippen LogP contribution in [0.15, 0.2) is 42.5 Å². The van der Waals surface area contributed by atoms with Crippen LogP contribution in [0.4, 0.5) is 11.4 Å². The summed E-state index contributed by atoms with van der Waals surface area (Å²) in [6, 6.07) is 11.1. The summed E-state index contributed by atoms with van der Waals surface area (Å²) in [5, 5.41) is 13.8. The number of hydrogen-bond donors (Lipinski definition) is 1. The highest BCUT2D eigenvalue weighted by atomic mass is 16.6. The van der Waals surface area contributed by atoms with Crippen LogP contribution in [0.3, 0.4) is 0 Å². The van der Waals surface area contributed by atoms with Crippen molar-refractivity contribution < 1.29 is 23.9 Å². The van der Waals surface area contributed by atoms with Crippen LogP contribution >= 0.6 is 0 Å². The third kappa shape index (κ3) is 4.37.